The molecule has 0 heterocycles. The van der Waals surface area contributed by atoms with Gasteiger partial charge in [0.1, 0.15) is 12.3 Å². The van der Waals surface area contributed by atoms with Crippen molar-refractivity contribution in [2.75, 3.05) is 28.6 Å². The molecule has 0 bridgehead atoms. The number of nitrogens with one attached hydrogen (secondary N) is 2. The van der Waals surface area contributed by atoms with Crippen LogP contribution in [0.4, 0.5) is 17.1 Å². The number of hydrogen-bond donors (Lipinski definition) is 2. The van der Waals surface area contributed by atoms with Gasteiger partial charge in [0.2, 0.25) is 11.8 Å². The maximum absolute atomic E-state index is 13.4. The van der Waals surface area contributed by atoms with Gasteiger partial charge < -0.3 is 15.4 Å². The Morgan fingerprint density at radius 1 is 0.844 bits per heavy atom. The Bertz CT molecular complexity index is 1180. The van der Waals surface area contributed by atoms with Crippen molar-refractivity contribution in [2.24, 2.45) is 0 Å². The Kier molecular flexibility index (Phi) is 7.11. The number of nitrogens with zero attached hydrogens (tertiary/aromatic N) is 1. The van der Waals surface area contributed by atoms with Crippen LogP contribution in [0.2, 0.25) is 0 Å². The van der Waals surface area contributed by atoms with Gasteiger partial charge in [-0.1, -0.05) is 18.2 Å². The van der Waals surface area contributed by atoms with Crippen LogP contribution in [0, 0.1) is 0 Å². The lowest BCUT2D eigenvalue weighted by molar-refractivity contribution is -0.115. The van der Waals surface area contributed by atoms with Crippen LogP contribution < -0.4 is 19.7 Å². The van der Waals surface area contributed by atoms with Crippen LogP contribution in [0.15, 0.2) is 83.8 Å². The molecule has 32 heavy (non-hydrogen) atoms. The third-order valence-electron chi connectivity index (χ3n) is 4.47. The standard InChI is InChI=1S/C23H23N3O5S/c1-17(27)24-19-8-14-22(15-9-19)32(29,30)26(20-10-12-21(31-2)13-11-20)16-23(28)25-18-6-4-3-5-7-18/h3-15H,16H2,1-2H3,(H,24,27)(H,25,28). The lowest BCUT2D eigenvalue weighted by atomic mass is 10.3. The second kappa shape index (κ2) is 9.97. The topological polar surface area (TPSA) is 105 Å². The molecule has 0 saturated heterocycles. The zero-order chi connectivity index (χ0) is 23.1. The molecular weight excluding hydrogens is 430 g/mol. The van der Waals surface area contributed by atoms with Crippen molar-refractivity contribution in [1.29, 1.82) is 0 Å². The molecule has 0 atom stereocenters. The van der Waals surface area contributed by atoms with Crippen LogP contribution in [0.3, 0.4) is 0 Å². The Balaban J connectivity index is 1.92. The number of hydrogen-bond acceptors (Lipinski definition) is 5. The van der Waals surface area contributed by atoms with E-state index in [1.54, 1.807) is 48.5 Å². The van der Waals surface area contributed by atoms with E-state index in [0.29, 0.717) is 22.8 Å². The van der Waals surface area contributed by atoms with Crippen molar-refractivity contribution in [3.8, 4) is 5.75 Å². The van der Waals surface area contributed by atoms with E-state index in [1.807, 2.05) is 6.07 Å². The summed E-state index contributed by atoms with van der Waals surface area (Å²) in [5.74, 6) is -0.206. The summed E-state index contributed by atoms with van der Waals surface area (Å²) in [6.07, 6.45) is 0. The number of carbonyl (C=O) groups excluding carboxylic acids is 2. The molecule has 0 aliphatic heterocycles. The SMILES string of the molecule is COc1ccc(N(CC(=O)Nc2ccccc2)S(=O)(=O)c2ccc(NC(C)=O)cc2)cc1. The molecule has 0 saturated carbocycles. The molecule has 166 valence electrons. The summed E-state index contributed by atoms with van der Waals surface area (Å²) >= 11 is 0. The van der Waals surface area contributed by atoms with E-state index in [2.05, 4.69) is 10.6 Å². The molecule has 9 heteroatoms. The van der Waals surface area contributed by atoms with Gasteiger partial charge >= 0.3 is 0 Å². The Labute approximate surface area is 186 Å². The predicted molar refractivity (Wildman–Crippen MR) is 123 cm³/mol. The first kappa shape index (κ1) is 22.8. The Morgan fingerprint density at radius 3 is 2.00 bits per heavy atom. The van der Waals surface area contributed by atoms with Gasteiger partial charge in [0.15, 0.2) is 0 Å². The Hall–Kier alpha value is -3.85. The summed E-state index contributed by atoms with van der Waals surface area (Å²) in [6, 6.07) is 20.9. The van der Waals surface area contributed by atoms with Crippen LogP contribution in [-0.4, -0.2) is 33.9 Å². The first-order chi connectivity index (χ1) is 15.3. The largest absolute Gasteiger partial charge is 0.497 e. The predicted octanol–water partition coefficient (Wildman–Crippen LogP) is 3.49. The molecule has 2 N–H and O–H groups in total. The van der Waals surface area contributed by atoms with E-state index in [1.165, 1.54) is 38.3 Å². The van der Waals surface area contributed by atoms with Gasteiger partial charge in [0.05, 0.1) is 17.7 Å². The van der Waals surface area contributed by atoms with Crippen LogP contribution in [0.1, 0.15) is 6.92 Å². The lowest BCUT2D eigenvalue weighted by Gasteiger charge is -2.24. The van der Waals surface area contributed by atoms with Crippen molar-refractivity contribution in [3.63, 3.8) is 0 Å². The zero-order valence-corrected chi connectivity index (χ0v) is 18.4. The number of amides is 2. The van der Waals surface area contributed by atoms with E-state index < -0.39 is 22.5 Å². The van der Waals surface area contributed by atoms with E-state index >= 15 is 0 Å². The molecule has 0 spiro atoms. The van der Waals surface area contributed by atoms with Gasteiger partial charge in [0, 0.05) is 18.3 Å². The van der Waals surface area contributed by atoms with E-state index in [9.17, 15) is 18.0 Å². The first-order valence-corrected chi connectivity index (χ1v) is 11.1. The van der Waals surface area contributed by atoms with E-state index in [4.69, 9.17) is 4.74 Å². The van der Waals surface area contributed by atoms with E-state index in [0.717, 1.165) is 4.31 Å². The van der Waals surface area contributed by atoms with Crippen LogP contribution >= 0.6 is 0 Å². The van der Waals surface area contributed by atoms with Crippen molar-refractivity contribution in [1.82, 2.24) is 0 Å². The third-order valence-corrected chi connectivity index (χ3v) is 6.26. The molecule has 3 rings (SSSR count). The average Bonchev–Trinajstić information content (AvgIpc) is 2.78. The van der Waals surface area contributed by atoms with Crippen molar-refractivity contribution in [2.45, 2.75) is 11.8 Å². The van der Waals surface area contributed by atoms with E-state index in [-0.39, 0.29) is 10.8 Å². The van der Waals surface area contributed by atoms with Crippen molar-refractivity contribution in [3.05, 3.63) is 78.9 Å². The molecule has 0 aliphatic rings. The van der Waals surface area contributed by atoms with Crippen LogP contribution in [0.25, 0.3) is 0 Å². The quantitative estimate of drug-likeness (QED) is 0.543. The zero-order valence-electron chi connectivity index (χ0n) is 17.6. The number of carbonyl (C=O) groups is 2. The maximum atomic E-state index is 13.4. The lowest BCUT2D eigenvalue weighted by Crippen LogP contribution is -2.38. The highest BCUT2D eigenvalue weighted by Gasteiger charge is 2.27. The molecule has 0 aliphatic carbocycles. The van der Waals surface area contributed by atoms with Gasteiger partial charge in [-0.15, -0.1) is 0 Å². The molecule has 0 fully saturated rings. The highest BCUT2D eigenvalue weighted by Crippen LogP contribution is 2.26. The minimum Gasteiger partial charge on any atom is -0.497 e. The number of rotatable bonds is 8. The summed E-state index contributed by atoms with van der Waals surface area (Å²) in [4.78, 5) is 23.9. The van der Waals surface area contributed by atoms with Crippen LogP contribution in [-0.2, 0) is 19.6 Å². The molecule has 0 aromatic heterocycles. The van der Waals surface area contributed by atoms with Gasteiger partial charge in [-0.2, -0.15) is 0 Å². The number of methoxy groups -OCH3 is 1. The fourth-order valence-corrected chi connectivity index (χ4v) is 4.38. The second-order valence-corrected chi connectivity index (χ2v) is 8.69. The highest BCUT2D eigenvalue weighted by atomic mass is 32.2. The summed E-state index contributed by atoms with van der Waals surface area (Å²) in [5, 5.41) is 5.29. The number of benzene rings is 3. The fourth-order valence-electron chi connectivity index (χ4n) is 2.96. The first-order valence-electron chi connectivity index (χ1n) is 9.69. The number of sulfonamides is 1. The van der Waals surface area contributed by atoms with Gasteiger partial charge in [0.25, 0.3) is 10.0 Å². The smallest absolute Gasteiger partial charge is 0.264 e. The monoisotopic (exact) mass is 453 g/mol. The van der Waals surface area contributed by atoms with Gasteiger partial charge in [-0.05, 0) is 60.7 Å². The van der Waals surface area contributed by atoms with Crippen molar-refractivity contribution >= 4 is 38.9 Å². The molecule has 0 unspecified atom stereocenters. The molecule has 8 nitrogen and oxygen atoms in total. The summed E-state index contributed by atoms with van der Waals surface area (Å²) in [6.45, 7) is 0.929. The number of para-hydroxylation sites is 1. The van der Waals surface area contributed by atoms with Gasteiger partial charge in [-0.25, -0.2) is 8.42 Å². The summed E-state index contributed by atoms with van der Waals surface area (Å²) < 4.78 is 33.0. The molecule has 2 amide bonds. The normalized spacial score (nSPS) is 10.8. The van der Waals surface area contributed by atoms with Gasteiger partial charge in [-0.3, -0.25) is 13.9 Å². The number of anilines is 3. The second-order valence-electron chi connectivity index (χ2n) is 6.83. The Morgan fingerprint density at radius 2 is 1.44 bits per heavy atom. The minimum absolute atomic E-state index is 0.0186. The molecule has 3 aromatic carbocycles. The van der Waals surface area contributed by atoms with Crippen LogP contribution in [0.5, 0.6) is 5.75 Å². The molecular formula is C23H23N3O5S. The average molecular weight is 454 g/mol. The summed E-state index contributed by atoms with van der Waals surface area (Å²) in [7, 11) is -2.58. The third kappa shape index (κ3) is 5.64. The minimum atomic E-state index is -4.09. The van der Waals surface area contributed by atoms with Crippen molar-refractivity contribution < 1.29 is 22.7 Å². The summed E-state index contributed by atoms with van der Waals surface area (Å²) in [5.41, 5.74) is 1.33. The molecule has 0 radical (unpaired) electrons. The maximum Gasteiger partial charge on any atom is 0.264 e. The molecule has 3 aromatic rings. The number of ether oxygens (including phenoxy) is 1. The highest BCUT2D eigenvalue weighted by molar-refractivity contribution is 7.92. The fraction of sp³-hybridized carbons (Fsp3) is 0.130.